The fraction of sp³-hybridized carbons (Fsp3) is 0. The number of nitrogens with two attached hydrogens (primary N) is 2. The van der Waals surface area contributed by atoms with Crippen LogP contribution in [0.3, 0.4) is 0 Å². The van der Waals surface area contributed by atoms with E-state index in [1.54, 1.807) is 18.2 Å². The maximum absolute atomic E-state index is 11.4. The molecule has 0 radical (unpaired) electrons. The van der Waals surface area contributed by atoms with Crippen LogP contribution in [-0.4, -0.2) is 10.9 Å². The molecule has 0 saturated heterocycles. The van der Waals surface area contributed by atoms with E-state index in [1.165, 1.54) is 12.3 Å². The van der Waals surface area contributed by atoms with E-state index in [9.17, 15) is 4.79 Å². The van der Waals surface area contributed by atoms with Crippen molar-refractivity contribution in [3.63, 3.8) is 0 Å². The fourth-order valence-corrected chi connectivity index (χ4v) is 1.97. The van der Waals surface area contributed by atoms with Crippen molar-refractivity contribution in [3.8, 4) is 6.07 Å². The molecule has 7 heteroatoms. The number of amides is 1. The van der Waals surface area contributed by atoms with Gasteiger partial charge in [-0.25, -0.2) is 4.98 Å². The molecule has 0 aliphatic rings. The van der Waals surface area contributed by atoms with E-state index in [0.29, 0.717) is 16.9 Å². The summed E-state index contributed by atoms with van der Waals surface area (Å²) in [5.41, 5.74) is 12.3. The normalized spacial score (nSPS) is 9.80. The van der Waals surface area contributed by atoms with Gasteiger partial charge >= 0.3 is 0 Å². The smallest absolute Gasteiger partial charge is 0.252 e. The highest BCUT2D eigenvalue weighted by molar-refractivity contribution is 9.10. The second-order valence-electron chi connectivity index (χ2n) is 3.96. The van der Waals surface area contributed by atoms with Gasteiger partial charge in [0.05, 0.1) is 28.7 Å². The monoisotopic (exact) mass is 331 g/mol. The lowest BCUT2D eigenvalue weighted by Crippen LogP contribution is -2.15. The molecule has 1 amide bonds. The maximum atomic E-state index is 11.4. The minimum absolute atomic E-state index is 0.164. The molecule has 0 aliphatic carbocycles. The van der Waals surface area contributed by atoms with Crippen molar-refractivity contribution in [1.29, 1.82) is 5.26 Å². The van der Waals surface area contributed by atoms with Crippen LogP contribution in [0.2, 0.25) is 0 Å². The second kappa shape index (κ2) is 5.59. The summed E-state index contributed by atoms with van der Waals surface area (Å²) in [5.74, 6) is -0.395. The molecule has 0 bridgehead atoms. The number of hydrogen-bond donors (Lipinski definition) is 3. The molecule has 0 atom stereocenters. The Morgan fingerprint density at radius 3 is 2.80 bits per heavy atom. The van der Waals surface area contributed by atoms with Gasteiger partial charge in [0.25, 0.3) is 5.91 Å². The van der Waals surface area contributed by atoms with Crippen molar-refractivity contribution in [2.24, 2.45) is 5.73 Å². The van der Waals surface area contributed by atoms with Crippen LogP contribution in [0.25, 0.3) is 0 Å². The predicted molar refractivity (Wildman–Crippen MR) is 79.3 cm³/mol. The van der Waals surface area contributed by atoms with Crippen molar-refractivity contribution in [1.82, 2.24) is 4.98 Å². The third kappa shape index (κ3) is 2.87. The van der Waals surface area contributed by atoms with Crippen molar-refractivity contribution in [3.05, 3.63) is 46.1 Å². The Bertz CT molecular complexity index is 723. The molecule has 1 aromatic carbocycles. The van der Waals surface area contributed by atoms with Gasteiger partial charge in [0.15, 0.2) is 0 Å². The summed E-state index contributed by atoms with van der Waals surface area (Å²) >= 11 is 3.28. The van der Waals surface area contributed by atoms with Gasteiger partial charge in [0, 0.05) is 4.47 Å². The summed E-state index contributed by atoms with van der Waals surface area (Å²) < 4.78 is 0.778. The van der Waals surface area contributed by atoms with E-state index in [-0.39, 0.29) is 11.4 Å². The fourth-order valence-electron chi connectivity index (χ4n) is 1.61. The Labute approximate surface area is 123 Å². The van der Waals surface area contributed by atoms with Crippen LogP contribution in [-0.2, 0) is 0 Å². The summed E-state index contributed by atoms with van der Waals surface area (Å²) in [6.07, 6.45) is 1.40. The van der Waals surface area contributed by atoms with Crippen LogP contribution in [0.5, 0.6) is 0 Å². The Hall–Kier alpha value is -2.59. The number of primary amides is 1. The Morgan fingerprint density at radius 2 is 2.15 bits per heavy atom. The van der Waals surface area contributed by atoms with Crippen molar-refractivity contribution < 1.29 is 4.79 Å². The highest BCUT2D eigenvalue weighted by Crippen LogP contribution is 2.25. The number of nitriles is 1. The highest BCUT2D eigenvalue weighted by Gasteiger charge is 2.12. The number of nitrogens with zero attached hydrogens (tertiary/aromatic N) is 2. The molecular weight excluding hydrogens is 322 g/mol. The molecule has 1 aromatic heterocycles. The molecule has 1 heterocycles. The number of aromatic nitrogens is 1. The van der Waals surface area contributed by atoms with Gasteiger partial charge in [0.1, 0.15) is 11.9 Å². The van der Waals surface area contributed by atoms with Gasteiger partial charge in [-0.1, -0.05) is 15.9 Å². The first-order valence-electron chi connectivity index (χ1n) is 5.53. The zero-order chi connectivity index (χ0) is 14.7. The number of anilines is 3. The van der Waals surface area contributed by atoms with Crippen molar-refractivity contribution >= 4 is 39.0 Å². The number of carbonyl (C=O) groups excluding carboxylic acids is 1. The van der Waals surface area contributed by atoms with Crippen LogP contribution >= 0.6 is 15.9 Å². The largest absolute Gasteiger partial charge is 0.397 e. The molecule has 0 saturated carbocycles. The summed E-state index contributed by atoms with van der Waals surface area (Å²) in [4.78, 5) is 15.4. The molecule has 20 heavy (non-hydrogen) atoms. The van der Waals surface area contributed by atoms with E-state index in [4.69, 9.17) is 16.7 Å². The van der Waals surface area contributed by atoms with E-state index in [2.05, 4.69) is 32.3 Å². The third-order valence-electron chi connectivity index (χ3n) is 2.53. The lowest BCUT2D eigenvalue weighted by atomic mass is 10.1. The van der Waals surface area contributed by atoms with Gasteiger partial charge in [0.2, 0.25) is 0 Å². The Morgan fingerprint density at radius 1 is 1.40 bits per heavy atom. The molecule has 2 rings (SSSR count). The summed E-state index contributed by atoms with van der Waals surface area (Å²) in [5, 5.41) is 12.0. The van der Waals surface area contributed by atoms with E-state index in [0.717, 1.165) is 4.47 Å². The molecule has 0 aliphatic heterocycles. The number of halogens is 1. The molecule has 0 unspecified atom stereocenters. The van der Waals surface area contributed by atoms with Crippen LogP contribution in [0, 0.1) is 11.3 Å². The van der Waals surface area contributed by atoms with Gasteiger partial charge in [-0.05, 0) is 24.3 Å². The predicted octanol–water partition coefficient (Wildman–Crippen LogP) is 2.14. The van der Waals surface area contributed by atoms with Crippen LogP contribution < -0.4 is 16.8 Å². The SMILES string of the molecule is N#Cc1cc(Br)ccc1Nc1ncc(N)cc1C(N)=O. The molecule has 0 spiro atoms. The number of benzene rings is 1. The van der Waals surface area contributed by atoms with Crippen LogP contribution in [0.4, 0.5) is 17.2 Å². The third-order valence-corrected chi connectivity index (χ3v) is 3.02. The van der Waals surface area contributed by atoms with E-state index in [1.807, 2.05) is 0 Å². The Balaban J connectivity index is 2.45. The number of pyridine rings is 1. The molecular formula is C13H10BrN5O. The van der Waals surface area contributed by atoms with E-state index >= 15 is 0 Å². The zero-order valence-corrected chi connectivity index (χ0v) is 11.8. The highest BCUT2D eigenvalue weighted by atomic mass is 79.9. The minimum Gasteiger partial charge on any atom is -0.397 e. The average Bonchev–Trinajstić information content (AvgIpc) is 2.42. The Kier molecular flexibility index (Phi) is 3.86. The van der Waals surface area contributed by atoms with Gasteiger partial charge in [-0.2, -0.15) is 5.26 Å². The van der Waals surface area contributed by atoms with Crippen molar-refractivity contribution in [2.75, 3.05) is 11.1 Å². The minimum atomic E-state index is -0.650. The first-order valence-corrected chi connectivity index (χ1v) is 6.32. The number of nitrogens with one attached hydrogen (secondary N) is 1. The lowest BCUT2D eigenvalue weighted by molar-refractivity contribution is 0.100. The first-order chi connectivity index (χ1) is 9.51. The average molecular weight is 332 g/mol. The van der Waals surface area contributed by atoms with Gasteiger partial charge < -0.3 is 16.8 Å². The summed E-state index contributed by atoms with van der Waals surface area (Å²) in [6.45, 7) is 0. The molecule has 100 valence electrons. The standard InChI is InChI=1S/C13H10BrN5O/c14-8-1-2-11(7(3-8)5-15)19-13-10(12(17)20)4-9(16)6-18-13/h1-4,6H,16H2,(H2,17,20)(H,18,19). The van der Waals surface area contributed by atoms with E-state index < -0.39 is 5.91 Å². The molecule has 0 fully saturated rings. The van der Waals surface area contributed by atoms with Gasteiger partial charge in [-0.15, -0.1) is 0 Å². The summed E-state index contributed by atoms with van der Waals surface area (Å²) in [7, 11) is 0. The number of carbonyl (C=O) groups is 1. The second-order valence-corrected chi connectivity index (χ2v) is 4.87. The number of rotatable bonds is 3. The quantitative estimate of drug-likeness (QED) is 0.796. The first kappa shape index (κ1) is 13.8. The maximum Gasteiger partial charge on any atom is 0.252 e. The molecule has 5 N–H and O–H groups in total. The van der Waals surface area contributed by atoms with Gasteiger partial charge in [-0.3, -0.25) is 4.79 Å². The lowest BCUT2D eigenvalue weighted by Gasteiger charge is -2.11. The molecule has 6 nitrogen and oxygen atoms in total. The number of hydrogen-bond acceptors (Lipinski definition) is 5. The molecule has 2 aromatic rings. The topological polar surface area (TPSA) is 118 Å². The zero-order valence-electron chi connectivity index (χ0n) is 10.2. The van der Waals surface area contributed by atoms with Crippen LogP contribution in [0.1, 0.15) is 15.9 Å². The van der Waals surface area contributed by atoms with Crippen molar-refractivity contribution in [2.45, 2.75) is 0 Å². The van der Waals surface area contributed by atoms with Crippen LogP contribution in [0.15, 0.2) is 34.9 Å². The summed E-state index contributed by atoms with van der Waals surface area (Å²) in [6, 6.07) is 8.61. The number of nitrogen functional groups attached to an aromatic ring is 1.